The van der Waals surface area contributed by atoms with Gasteiger partial charge in [0.25, 0.3) is 5.91 Å². The maximum absolute atomic E-state index is 12.3. The summed E-state index contributed by atoms with van der Waals surface area (Å²) in [6.45, 7) is -3.06. The van der Waals surface area contributed by atoms with E-state index in [4.69, 9.17) is 0 Å². The summed E-state index contributed by atoms with van der Waals surface area (Å²) in [4.78, 5) is 12.0. The van der Waals surface area contributed by atoms with Gasteiger partial charge in [0.15, 0.2) is 0 Å². The fourth-order valence-electron chi connectivity index (χ4n) is 1.95. The number of ether oxygens (including phenoxy) is 1. The second-order valence-corrected chi connectivity index (χ2v) is 5.88. The van der Waals surface area contributed by atoms with Gasteiger partial charge in [0.2, 0.25) is 0 Å². The summed E-state index contributed by atoms with van der Waals surface area (Å²) in [5.41, 5.74) is -3.91. The van der Waals surface area contributed by atoms with E-state index in [2.05, 4.69) is 10.1 Å². The standard InChI is InChI=1S/C16H12F5NO2S/c17-15(18)24-13-4-2-1-3-11(13)9-22-14(23)10-5-7-12(8-6-10)25-16(19,20)21/h1-8,15H,9H2,(H,22,23). The van der Waals surface area contributed by atoms with Crippen molar-refractivity contribution >= 4 is 17.7 Å². The first-order valence-corrected chi connectivity index (χ1v) is 7.73. The van der Waals surface area contributed by atoms with Crippen molar-refractivity contribution in [1.82, 2.24) is 5.32 Å². The molecule has 0 bridgehead atoms. The van der Waals surface area contributed by atoms with E-state index in [1.807, 2.05) is 0 Å². The van der Waals surface area contributed by atoms with Gasteiger partial charge in [-0.15, -0.1) is 0 Å². The number of benzene rings is 2. The molecule has 0 unspecified atom stereocenters. The first-order valence-electron chi connectivity index (χ1n) is 6.91. The minimum atomic E-state index is -4.40. The Labute approximate surface area is 144 Å². The van der Waals surface area contributed by atoms with Crippen LogP contribution in [0.3, 0.4) is 0 Å². The Bertz CT molecular complexity index is 719. The fraction of sp³-hybridized carbons (Fsp3) is 0.188. The zero-order chi connectivity index (χ0) is 18.4. The number of nitrogens with one attached hydrogen (secondary N) is 1. The Balaban J connectivity index is 1.99. The van der Waals surface area contributed by atoms with Gasteiger partial charge in [0.05, 0.1) is 0 Å². The summed E-state index contributed by atoms with van der Waals surface area (Å²) in [7, 11) is 0. The lowest BCUT2D eigenvalue weighted by Crippen LogP contribution is -2.23. The second-order valence-electron chi connectivity index (χ2n) is 4.74. The predicted molar refractivity (Wildman–Crippen MR) is 82.6 cm³/mol. The summed E-state index contributed by atoms with van der Waals surface area (Å²) in [6, 6.07) is 10.8. The van der Waals surface area contributed by atoms with E-state index in [0.717, 1.165) is 0 Å². The predicted octanol–water partition coefficient (Wildman–Crippen LogP) is 4.83. The zero-order valence-electron chi connectivity index (χ0n) is 12.5. The zero-order valence-corrected chi connectivity index (χ0v) is 13.3. The van der Waals surface area contributed by atoms with Crippen molar-refractivity contribution in [3.05, 3.63) is 59.7 Å². The summed E-state index contributed by atoms with van der Waals surface area (Å²) < 4.78 is 65.8. The van der Waals surface area contributed by atoms with Crippen molar-refractivity contribution in [1.29, 1.82) is 0 Å². The van der Waals surface area contributed by atoms with Gasteiger partial charge in [-0.2, -0.15) is 22.0 Å². The molecule has 0 heterocycles. The smallest absolute Gasteiger partial charge is 0.434 e. The third kappa shape index (κ3) is 6.26. The van der Waals surface area contributed by atoms with Crippen LogP contribution in [0.5, 0.6) is 5.75 Å². The van der Waals surface area contributed by atoms with Crippen molar-refractivity contribution < 1.29 is 31.5 Å². The highest BCUT2D eigenvalue weighted by Gasteiger charge is 2.29. The monoisotopic (exact) mass is 377 g/mol. The van der Waals surface area contributed by atoms with E-state index < -0.39 is 18.0 Å². The van der Waals surface area contributed by atoms with Crippen LogP contribution in [-0.4, -0.2) is 18.0 Å². The largest absolute Gasteiger partial charge is 0.446 e. The molecule has 25 heavy (non-hydrogen) atoms. The average Bonchev–Trinajstić information content (AvgIpc) is 2.52. The minimum absolute atomic E-state index is 0.0419. The van der Waals surface area contributed by atoms with Crippen molar-refractivity contribution in [3.63, 3.8) is 0 Å². The SMILES string of the molecule is O=C(NCc1ccccc1OC(F)F)c1ccc(SC(F)(F)F)cc1. The van der Waals surface area contributed by atoms with Crippen LogP contribution in [0, 0.1) is 0 Å². The highest BCUT2D eigenvalue weighted by molar-refractivity contribution is 8.00. The summed E-state index contributed by atoms with van der Waals surface area (Å²) in [5, 5.41) is 2.50. The highest BCUT2D eigenvalue weighted by Crippen LogP contribution is 2.36. The molecule has 1 amide bonds. The molecule has 0 aromatic heterocycles. The Kier molecular flexibility index (Phi) is 6.24. The molecule has 0 spiro atoms. The summed E-state index contributed by atoms with van der Waals surface area (Å²) in [6.07, 6.45) is 0. The van der Waals surface area contributed by atoms with Crippen molar-refractivity contribution in [3.8, 4) is 5.75 Å². The molecule has 2 rings (SSSR count). The number of thioether (sulfide) groups is 1. The molecule has 0 atom stereocenters. The third-order valence-electron chi connectivity index (χ3n) is 2.98. The van der Waals surface area contributed by atoms with E-state index in [1.165, 1.54) is 42.5 Å². The first-order chi connectivity index (χ1) is 11.7. The molecule has 0 saturated heterocycles. The molecule has 0 aliphatic heterocycles. The number of alkyl halides is 5. The Morgan fingerprint density at radius 3 is 2.32 bits per heavy atom. The quantitative estimate of drug-likeness (QED) is 0.579. The highest BCUT2D eigenvalue weighted by atomic mass is 32.2. The number of para-hydroxylation sites is 1. The van der Waals surface area contributed by atoms with E-state index in [9.17, 15) is 26.7 Å². The van der Waals surface area contributed by atoms with Crippen LogP contribution < -0.4 is 10.1 Å². The van der Waals surface area contributed by atoms with Crippen LogP contribution >= 0.6 is 11.8 Å². The molecule has 0 radical (unpaired) electrons. The second kappa shape index (κ2) is 8.19. The van der Waals surface area contributed by atoms with Gasteiger partial charge in [0, 0.05) is 22.6 Å². The molecule has 2 aromatic carbocycles. The van der Waals surface area contributed by atoms with Crippen LogP contribution in [0.1, 0.15) is 15.9 Å². The van der Waals surface area contributed by atoms with Crippen LogP contribution in [0.25, 0.3) is 0 Å². The minimum Gasteiger partial charge on any atom is -0.434 e. The molecule has 9 heteroatoms. The molecule has 0 fully saturated rings. The Hall–Kier alpha value is -2.29. The van der Waals surface area contributed by atoms with Gasteiger partial charge < -0.3 is 10.1 Å². The molecule has 3 nitrogen and oxygen atoms in total. The normalized spacial score (nSPS) is 11.4. The number of halogens is 5. The lowest BCUT2D eigenvalue weighted by atomic mass is 10.2. The van der Waals surface area contributed by atoms with Gasteiger partial charge in [-0.3, -0.25) is 4.79 Å². The molecule has 134 valence electrons. The van der Waals surface area contributed by atoms with Crippen molar-refractivity contribution in [2.75, 3.05) is 0 Å². The van der Waals surface area contributed by atoms with E-state index in [0.29, 0.717) is 5.56 Å². The fourth-order valence-corrected chi connectivity index (χ4v) is 2.49. The maximum Gasteiger partial charge on any atom is 0.446 e. The molecule has 2 aromatic rings. The van der Waals surface area contributed by atoms with Crippen LogP contribution in [0.15, 0.2) is 53.4 Å². The molecular formula is C16H12F5NO2S. The Morgan fingerprint density at radius 2 is 1.72 bits per heavy atom. The van der Waals surface area contributed by atoms with Crippen molar-refractivity contribution in [2.45, 2.75) is 23.6 Å². The lowest BCUT2D eigenvalue weighted by Gasteiger charge is -2.11. The van der Waals surface area contributed by atoms with E-state index in [1.54, 1.807) is 6.07 Å². The van der Waals surface area contributed by atoms with Gasteiger partial charge in [-0.25, -0.2) is 0 Å². The molecule has 0 aliphatic rings. The van der Waals surface area contributed by atoms with Gasteiger partial charge in [0.1, 0.15) is 5.75 Å². The van der Waals surface area contributed by atoms with Crippen molar-refractivity contribution in [2.24, 2.45) is 0 Å². The summed E-state index contributed by atoms with van der Waals surface area (Å²) in [5.74, 6) is -0.606. The van der Waals surface area contributed by atoms with Crippen LogP contribution in [0.2, 0.25) is 0 Å². The van der Waals surface area contributed by atoms with Gasteiger partial charge in [-0.05, 0) is 42.1 Å². The molecule has 0 aliphatic carbocycles. The molecule has 0 saturated carbocycles. The number of rotatable bonds is 6. The van der Waals surface area contributed by atoms with Crippen LogP contribution in [-0.2, 0) is 6.54 Å². The average molecular weight is 377 g/mol. The molecular weight excluding hydrogens is 365 g/mol. The number of hydrogen-bond acceptors (Lipinski definition) is 3. The van der Waals surface area contributed by atoms with E-state index in [-0.39, 0.29) is 34.5 Å². The van der Waals surface area contributed by atoms with Crippen LogP contribution in [0.4, 0.5) is 22.0 Å². The topological polar surface area (TPSA) is 38.3 Å². The van der Waals surface area contributed by atoms with E-state index >= 15 is 0 Å². The summed E-state index contributed by atoms with van der Waals surface area (Å²) >= 11 is -0.280. The Morgan fingerprint density at radius 1 is 1.08 bits per heavy atom. The number of carbonyl (C=O) groups excluding carboxylic acids is 1. The number of hydrogen-bond donors (Lipinski definition) is 1. The van der Waals surface area contributed by atoms with Gasteiger partial charge in [-0.1, -0.05) is 18.2 Å². The van der Waals surface area contributed by atoms with Gasteiger partial charge >= 0.3 is 12.1 Å². The first kappa shape index (κ1) is 19.0. The lowest BCUT2D eigenvalue weighted by molar-refractivity contribution is -0.0505. The number of carbonyl (C=O) groups is 1. The molecule has 1 N–H and O–H groups in total. The number of amides is 1. The third-order valence-corrected chi connectivity index (χ3v) is 3.72. The maximum atomic E-state index is 12.3.